The maximum Gasteiger partial charge on any atom is 0.338 e. The van der Waals surface area contributed by atoms with Crippen molar-refractivity contribution in [3.63, 3.8) is 0 Å². The first-order valence-electron chi connectivity index (χ1n) is 11.4. The van der Waals surface area contributed by atoms with Gasteiger partial charge in [0, 0.05) is 12.3 Å². The zero-order valence-corrected chi connectivity index (χ0v) is 18.4. The molecule has 11 nitrogen and oxygen atoms in total. The quantitative estimate of drug-likeness (QED) is 0.306. The van der Waals surface area contributed by atoms with Crippen LogP contribution in [-0.2, 0) is 23.7 Å². The summed E-state index contributed by atoms with van der Waals surface area (Å²) in [5.74, 6) is -2.49. The first-order chi connectivity index (χ1) is 16.1. The molecule has 1 aromatic carbocycles. The normalized spacial score (nSPS) is 52.5. The van der Waals surface area contributed by atoms with Gasteiger partial charge >= 0.3 is 5.97 Å². The Morgan fingerprint density at radius 3 is 2.56 bits per heavy atom. The summed E-state index contributed by atoms with van der Waals surface area (Å²) in [5, 5.41) is 51.7. The Labute approximate surface area is 194 Å². The Bertz CT molecular complexity index is 988. The van der Waals surface area contributed by atoms with Gasteiger partial charge in [0.2, 0.25) is 0 Å². The number of aliphatic hydroxyl groups excluding tert-OH is 4. The first-order valence-corrected chi connectivity index (χ1v) is 11.4. The van der Waals surface area contributed by atoms with E-state index in [4.69, 9.17) is 23.7 Å². The van der Waals surface area contributed by atoms with Crippen LogP contribution in [0.15, 0.2) is 30.3 Å². The summed E-state index contributed by atoms with van der Waals surface area (Å²) in [5.41, 5.74) is -2.99. The van der Waals surface area contributed by atoms with Gasteiger partial charge in [0.15, 0.2) is 18.4 Å². The Morgan fingerprint density at radius 1 is 1.12 bits per heavy atom. The molecule has 8 rings (SSSR count). The van der Waals surface area contributed by atoms with Crippen LogP contribution in [-0.4, -0.2) is 98.7 Å². The molecular weight excluding hydrogens is 452 g/mol. The predicted octanol–water partition coefficient (Wildman–Crippen LogP) is -1.36. The molecule has 11 heteroatoms. The second kappa shape index (κ2) is 7.19. The molecule has 6 unspecified atom stereocenters. The van der Waals surface area contributed by atoms with Crippen molar-refractivity contribution in [3.8, 4) is 0 Å². The Morgan fingerprint density at radius 2 is 1.85 bits per heavy atom. The SMILES string of the molecule is CC12CC3(O)OC(O1)[C@]1(COC(=O)c4ccccc4)[C@@H]3CC21O[C@@H]1OC(CO)[C@@H](O)C(O)[C@@H]1O. The van der Waals surface area contributed by atoms with E-state index in [9.17, 15) is 30.3 Å². The topological polar surface area (TPSA) is 164 Å². The molecular formula is C23H28O11. The van der Waals surface area contributed by atoms with Crippen LogP contribution in [0.1, 0.15) is 30.1 Å². The van der Waals surface area contributed by atoms with E-state index >= 15 is 0 Å². The highest BCUT2D eigenvalue weighted by Crippen LogP contribution is 2.81. The van der Waals surface area contributed by atoms with E-state index in [1.165, 1.54) is 0 Å². The number of esters is 1. The molecule has 0 amide bonds. The number of carbonyl (C=O) groups excluding carboxylic acids is 1. The van der Waals surface area contributed by atoms with Crippen molar-refractivity contribution in [2.24, 2.45) is 11.3 Å². The van der Waals surface area contributed by atoms with E-state index in [0.29, 0.717) is 5.56 Å². The number of benzene rings is 1. The molecule has 3 saturated carbocycles. The van der Waals surface area contributed by atoms with Crippen LogP contribution in [0.2, 0.25) is 0 Å². The molecule has 0 aromatic heterocycles. The summed E-state index contributed by atoms with van der Waals surface area (Å²) < 4.78 is 29.7. The smallest absolute Gasteiger partial charge is 0.338 e. The van der Waals surface area contributed by atoms with Gasteiger partial charge in [-0.1, -0.05) is 18.2 Å². The van der Waals surface area contributed by atoms with Crippen LogP contribution >= 0.6 is 0 Å². The maximum atomic E-state index is 12.7. The van der Waals surface area contributed by atoms with Crippen LogP contribution in [0, 0.1) is 11.3 Å². The van der Waals surface area contributed by atoms with Gasteiger partial charge < -0.3 is 49.2 Å². The van der Waals surface area contributed by atoms with Gasteiger partial charge in [-0.05, 0) is 25.5 Å². The molecule has 7 aliphatic rings. The van der Waals surface area contributed by atoms with E-state index in [1.54, 1.807) is 37.3 Å². The van der Waals surface area contributed by atoms with E-state index < -0.39 is 77.9 Å². The van der Waals surface area contributed by atoms with Crippen molar-refractivity contribution in [1.29, 1.82) is 0 Å². The molecule has 4 heterocycles. The molecule has 4 saturated heterocycles. The summed E-state index contributed by atoms with van der Waals surface area (Å²) in [4.78, 5) is 12.7. The molecule has 34 heavy (non-hydrogen) atoms. The fraction of sp³-hybridized carbons (Fsp3) is 0.696. The number of ether oxygens (including phenoxy) is 5. The fourth-order valence-electron chi connectivity index (χ4n) is 6.87. The highest BCUT2D eigenvalue weighted by molar-refractivity contribution is 5.89. The van der Waals surface area contributed by atoms with Crippen molar-refractivity contribution in [2.45, 2.75) is 73.8 Å². The third-order valence-electron chi connectivity index (χ3n) is 8.57. The largest absolute Gasteiger partial charge is 0.461 e. The Balaban J connectivity index is 1.32. The summed E-state index contributed by atoms with van der Waals surface area (Å²) in [7, 11) is 0. The summed E-state index contributed by atoms with van der Waals surface area (Å²) in [6, 6.07) is 8.47. The standard InChI is InChI=1S/C23H28O11/c1-20-9-22(29)13-7-23(20,32-18-16(27)15(26)14(25)12(8-24)31-18)21(13,19(33-20)34-22)10-30-17(28)11-5-3-2-4-6-11/h2-6,12-16,18-19,24-27,29H,7-10H2,1H3/t12?,13-,14+,15?,16-,18-,19?,20?,21-,22?,23?/m0/s1. The van der Waals surface area contributed by atoms with Crippen molar-refractivity contribution >= 4 is 5.97 Å². The van der Waals surface area contributed by atoms with Crippen LogP contribution in [0.4, 0.5) is 0 Å². The first kappa shape index (κ1) is 22.8. The van der Waals surface area contributed by atoms with Crippen LogP contribution in [0.25, 0.3) is 0 Å². The average molecular weight is 480 g/mol. The van der Waals surface area contributed by atoms with E-state index in [0.717, 1.165) is 0 Å². The lowest BCUT2D eigenvalue weighted by Crippen LogP contribution is -2.80. The second-order valence-corrected chi connectivity index (χ2v) is 10.2. The number of carbonyl (C=O) groups is 1. The monoisotopic (exact) mass is 480 g/mol. The zero-order valence-electron chi connectivity index (χ0n) is 18.4. The minimum absolute atomic E-state index is 0.0902. The molecule has 11 atom stereocenters. The zero-order chi connectivity index (χ0) is 24.1. The lowest BCUT2D eigenvalue weighted by molar-refractivity contribution is -0.424. The molecule has 7 fully saturated rings. The van der Waals surface area contributed by atoms with Gasteiger partial charge in [0.05, 0.1) is 17.6 Å². The average Bonchev–Trinajstić information content (AvgIpc) is 3.00. The second-order valence-electron chi connectivity index (χ2n) is 10.2. The minimum Gasteiger partial charge on any atom is -0.461 e. The molecule has 5 N–H and O–H groups in total. The van der Waals surface area contributed by atoms with Crippen LogP contribution < -0.4 is 0 Å². The molecule has 0 spiro atoms. The molecule has 6 bridgehead atoms. The van der Waals surface area contributed by atoms with Gasteiger partial charge in [0.25, 0.3) is 0 Å². The van der Waals surface area contributed by atoms with Gasteiger partial charge in [-0.3, -0.25) is 0 Å². The Kier molecular flexibility index (Phi) is 4.81. The lowest BCUT2D eigenvalue weighted by atomic mass is 9.41. The highest BCUT2D eigenvalue weighted by Gasteiger charge is 2.94. The lowest BCUT2D eigenvalue weighted by Gasteiger charge is -2.67. The van der Waals surface area contributed by atoms with Gasteiger partial charge in [0.1, 0.15) is 42.2 Å². The predicted molar refractivity (Wildman–Crippen MR) is 109 cm³/mol. The summed E-state index contributed by atoms with van der Waals surface area (Å²) in [6.45, 7) is 0.985. The third kappa shape index (κ3) is 2.59. The molecule has 3 aliphatic carbocycles. The maximum absolute atomic E-state index is 12.7. The van der Waals surface area contributed by atoms with Crippen molar-refractivity contribution < 1.29 is 54.0 Å². The van der Waals surface area contributed by atoms with E-state index in [1.807, 2.05) is 0 Å². The number of hydrogen-bond donors (Lipinski definition) is 5. The van der Waals surface area contributed by atoms with Crippen molar-refractivity contribution in [1.82, 2.24) is 0 Å². The molecule has 4 aliphatic heterocycles. The third-order valence-corrected chi connectivity index (χ3v) is 8.57. The van der Waals surface area contributed by atoms with E-state index in [-0.39, 0.29) is 19.4 Å². The molecule has 0 radical (unpaired) electrons. The number of hydrogen-bond acceptors (Lipinski definition) is 11. The van der Waals surface area contributed by atoms with Crippen molar-refractivity contribution in [2.75, 3.05) is 13.2 Å². The molecule has 186 valence electrons. The van der Waals surface area contributed by atoms with Gasteiger partial charge in [-0.15, -0.1) is 0 Å². The van der Waals surface area contributed by atoms with Crippen LogP contribution in [0.3, 0.4) is 0 Å². The molecule has 1 aromatic rings. The Hall–Kier alpha value is -1.67. The van der Waals surface area contributed by atoms with Crippen molar-refractivity contribution in [3.05, 3.63) is 35.9 Å². The summed E-state index contributed by atoms with van der Waals surface area (Å²) in [6.07, 6.45) is -7.87. The van der Waals surface area contributed by atoms with Crippen LogP contribution in [0.5, 0.6) is 0 Å². The van der Waals surface area contributed by atoms with E-state index in [2.05, 4.69) is 0 Å². The minimum atomic E-state index is -1.61. The van der Waals surface area contributed by atoms with Gasteiger partial charge in [-0.2, -0.15) is 0 Å². The fourth-order valence-corrected chi connectivity index (χ4v) is 6.87. The van der Waals surface area contributed by atoms with Gasteiger partial charge in [-0.25, -0.2) is 4.79 Å². The number of rotatable bonds is 6. The highest BCUT2D eigenvalue weighted by atomic mass is 16.8. The summed E-state index contributed by atoms with van der Waals surface area (Å²) >= 11 is 0. The number of aliphatic hydroxyl groups is 5.